The lowest BCUT2D eigenvalue weighted by molar-refractivity contribution is 0.0991. The predicted molar refractivity (Wildman–Crippen MR) is 79.9 cm³/mol. The molecule has 0 spiro atoms. The van der Waals surface area contributed by atoms with E-state index in [4.69, 9.17) is 5.26 Å². The molecule has 0 fully saturated rings. The number of carbonyl (C=O) groups excluding carboxylic acids is 1. The molecule has 1 amide bonds. The summed E-state index contributed by atoms with van der Waals surface area (Å²) in [5.74, 6) is -0.0910. The molecule has 0 aliphatic carbocycles. The fourth-order valence-corrected chi connectivity index (χ4v) is 2.79. The zero-order valence-electron chi connectivity index (χ0n) is 10.1. The second-order valence-electron chi connectivity index (χ2n) is 3.87. The molecular formula is C14H12N2OS2. The van der Waals surface area contributed by atoms with Crippen molar-refractivity contribution in [2.45, 2.75) is 11.3 Å². The molecule has 5 heteroatoms. The van der Waals surface area contributed by atoms with Crippen LogP contribution in [0.1, 0.15) is 16.1 Å². The Morgan fingerprint density at radius 3 is 2.68 bits per heavy atom. The van der Waals surface area contributed by atoms with Gasteiger partial charge >= 0.3 is 0 Å². The molecule has 0 aliphatic rings. The van der Waals surface area contributed by atoms with E-state index in [0.717, 1.165) is 10.6 Å². The molecule has 0 saturated heterocycles. The van der Waals surface area contributed by atoms with Crippen LogP contribution < -0.4 is 4.90 Å². The maximum absolute atomic E-state index is 12.5. The van der Waals surface area contributed by atoms with Gasteiger partial charge in [0.25, 0.3) is 5.91 Å². The normalized spacial score (nSPS) is 9.89. The van der Waals surface area contributed by atoms with Gasteiger partial charge in [0.1, 0.15) is 0 Å². The number of amides is 1. The highest BCUT2D eigenvalue weighted by atomic mass is 32.1. The van der Waals surface area contributed by atoms with E-state index in [2.05, 4.69) is 18.7 Å². The Kier molecular flexibility index (Phi) is 4.61. The lowest BCUT2D eigenvalue weighted by atomic mass is 10.2. The van der Waals surface area contributed by atoms with Crippen LogP contribution in [0.25, 0.3) is 0 Å². The van der Waals surface area contributed by atoms with Crippen molar-refractivity contribution in [3.8, 4) is 6.07 Å². The average Bonchev–Trinajstić information content (AvgIpc) is 2.87. The van der Waals surface area contributed by atoms with Crippen LogP contribution >= 0.6 is 24.0 Å². The second kappa shape index (κ2) is 6.41. The number of rotatable bonds is 4. The molecule has 0 atom stereocenters. The van der Waals surface area contributed by atoms with Gasteiger partial charge in [-0.3, -0.25) is 4.79 Å². The molecule has 2 rings (SSSR count). The maximum Gasteiger partial charge on any atom is 0.268 e. The van der Waals surface area contributed by atoms with Crippen LogP contribution in [0.4, 0.5) is 5.69 Å². The van der Waals surface area contributed by atoms with E-state index in [9.17, 15) is 4.79 Å². The standard InChI is InChI=1S/C14H12N2OS2/c15-7-4-8-16(11-5-2-1-3-6-11)14(17)13-9-12(18)10-19-13/h1-3,5-6,9-10,18H,4,8H2. The van der Waals surface area contributed by atoms with Gasteiger partial charge in [0.2, 0.25) is 0 Å². The monoisotopic (exact) mass is 288 g/mol. The summed E-state index contributed by atoms with van der Waals surface area (Å²) in [7, 11) is 0. The Hall–Kier alpha value is -1.77. The van der Waals surface area contributed by atoms with E-state index >= 15 is 0 Å². The third-order valence-electron chi connectivity index (χ3n) is 2.56. The number of carbonyl (C=O) groups is 1. The maximum atomic E-state index is 12.5. The van der Waals surface area contributed by atoms with Crippen LogP contribution in [0.3, 0.4) is 0 Å². The van der Waals surface area contributed by atoms with Gasteiger partial charge in [-0.2, -0.15) is 5.26 Å². The summed E-state index contributed by atoms with van der Waals surface area (Å²) in [4.78, 5) is 15.5. The molecule has 0 unspecified atom stereocenters. The van der Waals surface area contributed by atoms with Gasteiger partial charge in [0.15, 0.2) is 0 Å². The van der Waals surface area contributed by atoms with Gasteiger partial charge < -0.3 is 4.90 Å². The van der Waals surface area contributed by atoms with Crippen LogP contribution in [0, 0.1) is 11.3 Å². The molecule has 3 nitrogen and oxygen atoms in total. The third kappa shape index (κ3) is 3.37. The number of hydrogen-bond acceptors (Lipinski definition) is 4. The zero-order valence-corrected chi connectivity index (χ0v) is 11.8. The molecule has 0 saturated carbocycles. The van der Waals surface area contributed by atoms with E-state index in [1.165, 1.54) is 11.3 Å². The molecule has 1 aromatic heterocycles. The Morgan fingerprint density at radius 1 is 1.37 bits per heavy atom. The molecule has 1 aromatic carbocycles. The number of nitrogens with zero attached hydrogens (tertiary/aromatic N) is 2. The second-order valence-corrected chi connectivity index (χ2v) is 5.30. The van der Waals surface area contributed by atoms with Crippen molar-refractivity contribution in [3.05, 3.63) is 46.7 Å². The minimum absolute atomic E-state index is 0.0910. The van der Waals surface area contributed by atoms with Crippen LogP contribution in [0.15, 0.2) is 46.7 Å². The van der Waals surface area contributed by atoms with E-state index in [0.29, 0.717) is 17.8 Å². The summed E-state index contributed by atoms with van der Waals surface area (Å²) < 4.78 is 0. The molecule has 1 heterocycles. The molecule has 0 aliphatic heterocycles. The molecule has 2 aromatic rings. The van der Waals surface area contributed by atoms with E-state index in [-0.39, 0.29) is 5.91 Å². The number of para-hydroxylation sites is 1. The van der Waals surface area contributed by atoms with Gasteiger partial charge in [0, 0.05) is 22.5 Å². The highest BCUT2D eigenvalue weighted by molar-refractivity contribution is 7.80. The highest BCUT2D eigenvalue weighted by Crippen LogP contribution is 2.23. The van der Waals surface area contributed by atoms with Gasteiger partial charge in [-0.25, -0.2) is 0 Å². The number of anilines is 1. The molecule has 0 radical (unpaired) electrons. The van der Waals surface area contributed by atoms with E-state index in [1.54, 1.807) is 11.0 Å². The average molecular weight is 288 g/mol. The summed E-state index contributed by atoms with van der Waals surface area (Å²) >= 11 is 5.58. The first-order valence-corrected chi connectivity index (χ1v) is 7.06. The number of thiol groups is 1. The topological polar surface area (TPSA) is 44.1 Å². The molecule has 0 bridgehead atoms. The molecule has 0 N–H and O–H groups in total. The largest absolute Gasteiger partial charge is 0.307 e. The van der Waals surface area contributed by atoms with Crippen molar-refractivity contribution in [1.29, 1.82) is 5.26 Å². The van der Waals surface area contributed by atoms with Crippen LogP contribution in [-0.2, 0) is 0 Å². The number of hydrogen-bond donors (Lipinski definition) is 1. The fourth-order valence-electron chi connectivity index (χ4n) is 1.69. The summed E-state index contributed by atoms with van der Waals surface area (Å²) in [6.07, 6.45) is 0.305. The Morgan fingerprint density at radius 2 is 2.11 bits per heavy atom. The predicted octanol–water partition coefficient (Wildman–Crippen LogP) is 3.60. The summed E-state index contributed by atoms with van der Waals surface area (Å²) in [6.45, 7) is 0.388. The Labute approximate surface area is 121 Å². The molecular weight excluding hydrogens is 276 g/mol. The minimum atomic E-state index is -0.0910. The lowest BCUT2D eigenvalue weighted by Gasteiger charge is -2.20. The molecule has 96 valence electrons. The number of thiophene rings is 1. The smallest absolute Gasteiger partial charge is 0.268 e. The van der Waals surface area contributed by atoms with Crippen molar-refractivity contribution in [3.63, 3.8) is 0 Å². The lowest BCUT2D eigenvalue weighted by Crippen LogP contribution is -2.31. The quantitative estimate of drug-likeness (QED) is 0.874. The van der Waals surface area contributed by atoms with Crippen molar-refractivity contribution >= 4 is 35.6 Å². The Bertz CT molecular complexity index is 601. The highest BCUT2D eigenvalue weighted by Gasteiger charge is 2.18. The minimum Gasteiger partial charge on any atom is -0.307 e. The van der Waals surface area contributed by atoms with Crippen LogP contribution in [-0.4, -0.2) is 12.5 Å². The first kappa shape index (κ1) is 13.7. The van der Waals surface area contributed by atoms with Gasteiger partial charge in [0.05, 0.1) is 17.4 Å². The zero-order chi connectivity index (χ0) is 13.7. The van der Waals surface area contributed by atoms with E-state index < -0.39 is 0 Å². The van der Waals surface area contributed by atoms with Gasteiger partial charge in [-0.1, -0.05) is 18.2 Å². The summed E-state index contributed by atoms with van der Waals surface area (Å²) in [5, 5.41) is 10.5. The fraction of sp³-hybridized carbons (Fsp3) is 0.143. The van der Waals surface area contributed by atoms with Crippen molar-refractivity contribution < 1.29 is 4.79 Å². The van der Waals surface area contributed by atoms with Crippen molar-refractivity contribution in [2.75, 3.05) is 11.4 Å². The number of nitriles is 1. The van der Waals surface area contributed by atoms with Crippen LogP contribution in [0.2, 0.25) is 0 Å². The van der Waals surface area contributed by atoms with Gasteiger partial charge in [-0.05, 0) is 18.2 Å². The first-order chi connectivity index (χ1) is 9.22. The SMILES string of the molecule is N#CCCN(C(=O)c1cc(S)cs1)c1ccccc1. The van der Waals surface area contributed by atoms with Crippen LogP contribution in [0.5, 0.6) is 0 Å². The summed E-state index contributed by atoms with van der Waals surface area (Å²) in [5.41, 5.74) is 0.803. The van der Waals surface area contributed by atoms with Crippen molar-refractivity contribution in [1.82, 2.24) is 0 Å². The Balaban J connectivity index is 2.28. The summed E-state index contributed by atoms with van der Waals surface area (Å²) in [6, 6.07) is 13.2. The number of benzene rings is 1. The molecule has 19 heavy (non-hydrogen) atoms. The van der Waals surface area contributed by atoms with E-state index in [1.807, 2.05) is 35.7 Å². The first-order valence-electron chi connectivity index (χ1n) is 5.73. The third-order valence-corrected chi connectivity index (χ3v) is 3.91. The van der Waals surface area contributed by atoms with Crippen molar-refractivity contribution in [2.24, 2.45) is 0 Å². The van der Waals surface area contributed by atoms with Gasteiger partial charge in [-0.15, -0.1) is 24.0 Å².